The van der Waals surface area contributed by atoms with E-state index < -0.39 is 6.10 Å². The van der Waals surface area contributed by atoms with Gasteiger partial charge in [-0.05, 0) is 37.1 Å². The van der Waals surface area contributed by atoms with Crippen molar-refractivity contribution in [2.75, 3.05) is 19.0 Å². The van der Waals surface area contributed by atoms with E-state index in [-0.39, 0.29) is 12.4 Å². The largest absolute Gasteiger partial charge is 0.469 e. The van der Waals surface area contributed by atoms with Crippen LogP contribution < -0.4 is 5.32 Å². The third kappa shape index (κ3) is 5.06. The first kappa shape index (κ1) is 15.0. The number of carbonyl (C=O) groups excluding carboxylic acids is 1. The maximum Gasteiger partial charge on any atom is 0.305 e. The molecule has 1 rings (SSSR count). The lowest BCUT2D eigenvalue weighted by atomic mass is 10.1. The van der Waals surface area contributed by atoms with Crippen LogP contribution in [0.1, 0.15) is 18.4 Å². The van der Waals surface area contributed by atoms with Crippen LogP contribution in [0.25, 0.3) is 0 Å². The Bertz CT molecular complexity index is 409. The number of ether oxygens (including phenoxy) is 1. The molecular weight excluding hydrogens is 298 g/mol. The fraction of sp³-hybridized carbons (Fsp3) is 0.462. The third-order valence-corrected chi connectivity index (χ3v) is 3.12. The van der Waals surface area contributed by atoms with Crippen molar-refractivity contribution in [1.29, 1.82) is 0 Å². The van der Waals surface area contributed by atoms with Crippen LogP contribution in [-0.2, 0) is 9.53 Å². The first-order valence-electron chi connectivity index (χ1n) is 5.78. The van der Waals surface area contributed by atoms with Gasteiger partial charge in [0, 0.05) is 23.1 Å². The van der Waals surface area contributed by atoms with Crippen molar-refractivity contribution in [1.82, 2.24) is 0 Å². The summed E-state index contributed by atoms with van der Waals surface area (Å²) < 4.78 is 5.54. The minimum atomic E-state index is -0.563. The van der Waals surface area contributed by atoms with Crippen LogP contribution >= 0.6 is 15.9 Å². The second-order valence-electron chi connectivity index (χ2n) is 4.11. The van der Waals surface area contributed by atoms with Gasteiger partial charge in [0.1, 0.15) is 0 Å². The first-order valence-corrected chi connectivity index (χ1v) is 6.57. The lowest BCUT2D eigenvalue weighted by Crippen LogP contribution is -2.21. The van der Waals surface area contributed by atoms with Crippen LogP contribution in [0.15, 0.2) is 22.7 Å². The molecule has 0 bridgehead atoms. The molecule has 0 saturated carbocycles. The van der Waals surface area contributed by atoms with Crippen LogP contribution in [0, 0.1) is 6.92 Å². The monoisotopic (exact) mass is 315 g/mol. The van der Waals surface area contributed by atoms with Gasteiger partial charge in [0.15, 0.2) is 0 Å². The van der Waals surface area contributed by atoms with E-state index in [1.807, 2.05) is 25.1 Å². The predicted molar refractivity (Wildman–Crippen MR) is 74.6 cm³/mol. The Morgan fingerprint density at radius 2 is 2.28 bits per heavy atom. The zero-order valence-electron chi connectivity index (χ0n) is 10.6. The molecule has 4 nitrogen and oxygen atoms in total. The van der Waals surface area contributed by atoms with Crippen molar-refractivity contribution in [3.8, 4) is 0 Å². The molecule has 1 unspecified atom stereocenters. The summed E-state index contributed by atoms with van der Waals surface area (Å²) >= 11 is 3.40. The number of anilines is 1. The number of methoxy groups -OCH3 is 1. The van der Waals surface area contributed by atoms with E-state index in [1.165, 1.54) is 7.11 Å². The highest BCUT2D eigenvalue weighted by Crippen LogP contribution is 2.20. The van der Waals surface area contributed by atoms with Gasteiger partial charge in [0.2, 0.25) is 0 Å². The highest BCUT2D eigenvalue weighted by molar-refractivity contribution is 9.10. The van der Waals surface area contributed by atoms with Crippen molar-refractivity contribution in [3.05, 3.63) is 28.2 Å². The van der Waals surface area contributed by atoms with Crippen molar-refractivity contribution < 1.29 is 14.6 Å². The highest BCUT2D eigenvalue weighted by Gasteiger charge is 2.08. The second kappa shape index (κ2) is 7.38. The number of aliphatic hydroxyl groups is 1. The van der Waals surface area contributed by atoms with Gasteiger partial charge in [-0.1, -0.05) is 15.9 Å². The quantitative estimate of drug-likeness (QED) is 0.792. The van der Waals surface area contributed by atoms with Gasteiger partial charge in [-0.3, -0.25) is 4.79 Å². The average Bonchev–Trinajstić information content (AvgIpc) is 2.34. The number of hydrogen-bond acceptors (Lipinski definition) is 4. The Kier molecular flexibility index (Phi) is 6.15. The Balaban J connectivity index is 2.38. The van der Waals surface area contributed by atoms with E-state index in [0.29, 0.717) is 13.0 Å². The molecule has 0 aliphatic rings. The first-order chi connectivity index (χ1) is 8.52. The van der Waals surface area contributed by atoms with E-state index in [9.17, 15) is 9.90 Å². The molecular formula is C13H18BrNO3. The summed E-state index contributed by atoms with van der Waals surface area (Å²) in [6.45, 7) is 2.41. The predicted octanol–water partition coefficient (Wildman–Crippen LogP) is 2.48. The van der Waals surface area contributed by atoms with E-state index in [0.717, 1.165) is 15.7 Å². The van der Waals surface area contributed by atoms with Crippen LogP contribution in [-0.4, -0.2) is 30.8 Å². The van der Waals surface area contributed by atoms with Crippen LogP contribution in [0.5, 0.6) is 0 Å². The van der Waals surface area contributed by atoms with Crippen LogP contribution in [0.3, 0.4) is 0 Å². The number of hydrogen-bond donors (Lipinski definition) is 2. The number of aryl methyl sites for hydroxylation is 1. The number of carbonyl (C=O) groups is 1. The molecule has 0 fully saturated rings. The summed E-state index contributed by atoms with van der Waals surface area (Å²) in [6.07, 6.45) is 0.0700. The maximum absolute atomic E-state index is 10.9. The third-order valence-electron chi connectivity index (χ3n) is 2.63. The van der Waals surface area contributed by atoms with Gasteiger partial charge in [0.25, 0.3) is 0 Å². The summed E-state index contributed by atoms with van der Waals surface area (Å²) in [5.74, 6) is -0.297. The summed E-state index contributed by atoms with van der Waals surface area (Å²) in [5, 5.41) is 12.9. The van der Waals surface area contributed by atoms with Gasteiger partial charge >= 0.3 is 5.97 Å². The lowest BCUT2D eigenvalue weighted by molar-refractivity contribution is -0.141. The molecule has 5 heteroatoms. The summed E-state index contributed by atoms with van der Waals surface area (Å²) in [6, 6.07) is 5.89. The molecule has 0 amide bonds. The smallest absolute Gasteiger partial charge is 0.305 e. The Hall–Kier alpha value is -1.07. The van der Waals surface area contributed by atoms with Crippen molar-refractivity contribution in [3.63, 3.8) is 0 Å². The van der Waals surface area contributed by atoms with Crippen molar-refractivity contribution in [2.24, 2.45) is 0 Å². The van der Waals surface area contributed by atoms with Gasteiger partial charge in [-0.25, -0.2) is 0 Å². The van der Waals surface area contributed by atoms with E-state index in [2.05, 4.69) is 26.0 Å². The molecule has 0 saturated heterocycles. The number of aliphatic hydroxyl groups excluding tert-OH is 1. The molecule has 1 aromatic carbocycles. The summed E-state index contributed by atoms with van der Waals surface area (Å²) in [5.41, 5.74) is 2.08. The maximum atomic E-state index is 10.9. The fourth-order valence-corrected chi connectivity index (χ4v) is 2.02. The molecule has 0 radical (unpaired) electrons. The van der Waals surface area contributed by atoms with Gasteiger partial charge in [0.05, 0.1) is 13.2 Å². The fourth-order valence-electron chi connectivity index (χ4n) is 1.54. The molecule has 0 spiro atoms. The van der Waals surface area contributed by atoms with E-state index in [4.69, 9.17) is 0 Å². The molecule has 18 heavy (non-hydrogen) atoms. The normalized spacial score (nSPS) is 12.0. The number of benzene rings is 1. The van der Waals surface area contributed by atoms with Gasteiger partial charge in [-0.15, -0.1) is 0 Å². The number of halogens is 1. The van der Waals surface area contributed by atoms with Crippen LogP contribution in [0.4, 0.5) is 5.69 Å². The highest BCUT2D eigenvalue weighted by atomic mass is 79.9. The van der Waals surface area contributed by atoms with Crippen LogP contribution in [0.2, 0.25) is 0 Å². The Labute approximate surface area is 115 Å². The minimum Gasteiger partial charge on any atom is -0.469 e. The summed E-state index contributed by atoms with van der Waals surface area (Å²) in [4.78, 5) is 10.9. The minimum absolute atomic E-state index is 0.235. The topological polar surface area (TPSA) is 58.6 Å². The Morgan fingerprint density at radius 3 is 2.89 bits per heavy atom. The van der Waals surface area contributed by atoms with Gasteiger partial charge in [-0.2, -0.15) is 0 Å². The molecule has 0 aliphatic heterocycles. The Morgan fingerprint density at radius 1 is 1.56 bits per heavy atom. The average molecular weight is 316 g/mol. The molecule has 0 heterocycles. The molecule has 1 aromatic rings. The molecule has 0 aromatic heterocycles. The van der Waals surface area contributed by atoms with Crippen molar-refractivity contribution in [2.45, 2.75) is 25.9 Å². The van der Waals surface area contributed by atoms with Crippen molar-refractivity contribution >= 4 is 27.6 Å². The standard InChI is InChI=1S/C13H18BrNO3/c1-9-7-10(14)3-5-12(9)15-8-11(16)4-6-13(17)18-2/h3,5,7,11,15-16H,4,6,8H2,1-2H3. The lowest BCUT2D eigenvalue weighted by Gasteiger charge is -2.14. The zero-order valence-corrected chi connectivity index (χ0v) is 12.2. The van der Waals surface area contributed by atoms with E-state index >= 15 is 0 Å². The SMILES string of the molecule is COC(=O)CCC(O)CNc1ccc(Br)cc1C. The second-order valence-corrected chi connectivity index (χ2v) is 5.02. The number of nitrogens with one attached hydrogen (secondary N) is 1. The number of rotatable bonds is 6. The van der Waals surface area contributed by atoms with Gasteiger partial charge < -0.3 is 15.2 Å². The molecule has 100 valence electrons. The van der Waals surface area contributed by atoms with E-state index in [1.54, 1.807) is 0 Å². The summed E-state index contributed by atoms with van der Waals surface area (Å²) in [7, 11) is 1.35. The number of esters is 1. The zero-order chi connectivity index (χ0) is 13.5. The molecule has 2 N–H and O–H groups in total. The molecule has 0 aliphatic carbocycles. The molecule has 1 atom stereocenters.